The van der Waals surface area contributed by atoms with Gasteiger partial charge < -0.3 is 4.74 Å². The Bertz CT molecular complexity index is 653. The molecule has 0 atom stereocenters. The number of nitrogens with zero attached hydrogens (tertiary/aromatic N) is 1. The predicted molar refractivity (Wildman–Crippen MR) is 83.2 cm³/mol. The SMILES string of the molecule is CC(C)(C)OC(=O)N(C[C]=O)c1cccc2ccccc12. The number of hydrogen-bond acceptors (Lipinski definition) is 3. The Morgan fingerprint density at radius 1 is 1.14 bits per heavy atom. The molecule has 1 radical (unpaired) electrons. The number of benzene rings is 2. The molecule has 0 aliphatic rings. The fourth-order valence-corrected chi connectivity index (χ4v) is 2.07. The Kier molecular flexibility index (Phi) is 4.26. The standard InChI is InChI=1S/C17H18NO3/c1-17(2,3)21-16(20)18(11-12-19)15-10-6-8-13-7-4-5-9-14(13)15/h4-10H,11H2,1-3H3. The lowest BCUT2D eigenvalue weighted by molar-refractivity contribution is 0.0585. The Hall–Kier alpha value is -2.36. The summed E-state index contributed by atoms with van der Waals surface area (Å²) in [6.45, 7) is 5.20. The third-order valence-electron chi connectivity index (χ3n) is 2.89. The Balaban J connectivity index is 2.45. The number of fused-ring (bicyclic) bond motifs is 1. The van der Waals surface area contributed by atoms with Crippen molar-refractivity contribution in [2.24, 2.45) is 0 Å². The van der Waals surface area contributed by atoms with Crippen molar-refractivity contribution in [1.29, 1.82) is 0 Å². The first-order valence-electron chi connectivity index (χ1n) is 6.75. The van der Waals surface area contributed by atoms with Gasteiger partial charge in [-0.05, 0) is 32.2 Å². The van der Waals surface area contributed by atoms with Crippen molar-refractivity contribution in [3.8, 4) is 0 Å². The molecule has 0 aliphatic heterocycles. The lowest BCUT2D eigenvalue weighted by Gasteiger charge is -2.26. The van der Waals surface area contributed by atoms with Crippen LogP contribution in [0.2, 0.25) is 0 Å². The number of ether oxygens (including phenoxy) is 1. The van der Waals surface area contributed by atoms with Gasteiger partial charge in [0.25, 0.3) is 0 Å². The van der Waals surface area contributed by atoms with Gasteiger partial charge in [0, 0.05) is 5.39 Å². The van der Waals surface area contributed by atoms with Gasteiger partial charge in [0.1, 0.15) is 5.60 Å². The van der Waals surface area contributed by atoms with Crippen LogP contribution in [0.25, 0.3) is 10.8 Å². The zero-order chi connectivity index (χ0) is 15.5. The molecular weight excluding hydrogens is 266 g/mol. The summed E-state index contributed by atoms with van der Waals surface area (Å²) in [7, 11) is 0. The van der Waals surface area contributed by atoms with Crippen molar-refractivity contribution >= 4 is 28.8 Å². The van der Waals surface area contributed by atoms with Gasteiger partial charge >= 0.3 is 6.09 Å². The summed E-state index contributed by atoms with van der Waals surface area (Å²) in [6.07, 6.45) is 1.22. The van der Waals surface area contributed by atoms with Gasteiger partial charge in [-0.3, -0.25) is 9.69 Å². The average Bonchev–Trinajstić information content (AvgIpc) is 2.42. The van der Waals surface area contributed by atoms with E-state index < -0.39 is 11.7 Å². The quantitative estimate of drug-likeness (QED) is 0.863. The number of rotatable bonds is 3. The molecule has 0 spiro atoms. The smallest absolute Gasteiger partial charge is 0.415 e. The van der Waals surface area contributed by atoms with E-state index in [1.165, 1.54) is 4.90 Å². The maximum atomic E-state index is 12.3. The van der Waals surface area contributed by atoms with E-state index >= 15 is 0 Å². The van der Waals surface area contributed by atoms with E-state index in [1.807, 2.05) is 36.4 Å². The Labute approximate surface area is 124 Å². The minimum absolute atomic E-state index is 0.164. The molecule has 2 aromatic carbocycles. The number of amides is 1. The molecule has 4 nitrogen and oxygen atoms in total. The van der Waals surface area contributed by atoms with Crippen LogP contribution in [0.3, 0.4) is 0 Å². The van der Waals surface area contributed by atoms with Gasteiger partial charge in [-0.2, -0.15) is 0 Å². The number of hydrogen-bond donors (Lipinski definition) is 0. The molecule has 0 aliphatic carbocycles. The number of anilines is 1. The van der Waals surface area contributed by atoms with Crippen molar-refractivity contribution in [2.75, 3.05) is 11.4 Å². The van der Waals surface area contributed by atoms with E-state index in [0.717, 1.165) is 10.8 Å². The molecule has 0 saturated carbocycles. The van der Waals surface area contributed by atoms with E-state index in [0.29, 0.717) is 5.69 Å². The molecule has 0 N–H and O–H groups in total. The minimum Gasteiger partial charge on any atom is -0.443 e. The van der Waals surface area contributed by atoms with Crippen molar-refractivity contribution in [2.45, 2.75) is 26.4 Å². The van der Waals surface area contributed by atoms with Crippen molar-refractivity contribution in [1.82, 2.24) is 0 Å². The second-order valence-corrected chi connectivity index (χ2v) is 5.71. The predicted octanol–water partition coefficient (Wildman–Crippen LogP) is 3.69. The molecule has 21 heavy (non-hydrogen) atoms. The van der Waals surface area contributed by atoms with E-state index in [4.69, 9.17) is 4.74 Å². The van der Waals surface area contributed by atoms with Gasteiger partial charge in [0.2, 0.25) is 6.29 Å². The van der Waals surface area contributed by atoms with Gasteiger partial charge in [0.15, 0.2) is 0 Å². The molecule has 109 valence electrons. The highest BCUT2D eigenvalue weighted by Gasteiger charge is 2.24. The fraction of sp³-hybridized carbons (Fsp3) is 0.294. The lowest BCUT2D eigenvalue weighted by atomic mass is 10.1. The summed E-state index contributed by atoms with van der Waals surface area (Å²) in [5.74, 6) is 0. The molecule has 0 bridgehead atoms. The van der Waals surface area contributed by atoms with Crippen LogP contribution in [-0.2, 0) is 9.53 Å². The van der Waals surface area contributed by atoms with Crippen LogP contribution < -0.4 is 4.90 Å². The van der Waals surface area contributed by atoms with Crippen LogP contribution in [0.5, 0.6) is 0 Å². The Morgan fingerprint density at radius 3 is 2.48 bits per heavy atom. The van der Waals surface area contributed by atoms with Crippen LogP contribution in [0, 0.1) is 0 Å². The molecule has 2 rings (SSSR count). The topological polar surface area (TPSA) is 46.6 Å². The summed E-state index contributed by atoms with van der Waals surface area (Å²) >= 11 is 0. The molecule has 0 saturated heterocycles. The maximum absolute atomic E-state index is 12.3. The molecule has 0 unspecified atom stereocenters. The summed E-state index contributed by atoms with van der Waals surface area (Å²) in [5, 5.41) is 1.88. The van der Waals surface area contributed by atoms with Crippen LogP contribution in [0.4, 0.5) is 10.5 Å². The number of carbonyl (C=O) groups is 1. The third-order valence-corrected chi connectivity index (χ3v) is 2.89. The average molecular weight is 284 g/mol. The first kappa shape index (κ1) is 15.0. The highest BCUT2D eigenvalue weighted by Crippen LogP contribution is 2.27. The van der Waals surface area contributed by atoms with Gasteiger partial charge in [-0.15, -0.1) is 0 Å². The molecule has 4 heteroatoms. The minimum atomic E-state index is -0.622. The van der Waals surface area contributed by atoms with Gasteiger partial charge in [-0.25, -0.2) is 4.79 Å². The first-order chi connectivity index (χ1) is 9.92. The third kappa shape index (κ3) is 3.60. The normalized spacial score (nSPS) is 11.2. The van der Waals surface area contributed by atoms with E-state index in [9.17, 15) is 9.59 Å². The molecule has 2 aromatic rings. The summed E-state index contributed by atoms with van der Waals surface area (Å²) in [6, 6.07) is 13.3. The largest absolute Gasteiger partial charge is 0.443 e. The van der Waals surface area contributed by atoms with Gasteiger partial charge in [0.05, 0.1) is 12.2 Å². The van der Waals surface area contributed by atoms with E-state index in [2.05, 4.69) is 0 Å². The molecular formula is C17H18NO3. The second-order valence-electron chi connectivity index (χ2n) is 5.71. The second kappa shape index (κ2) is 5.95. The summed E-state index contributed by atoms with van der Waals surface area (Å²) in [4.78, 5) is 24.4. The molecule has 1 amide bonds. The number of carbonyl (C=O) groups excluding carboxylic acids is 2. The van der Waals surface area contributed by atoms with Crippen LogP contribution in [0.1, 0.15) is 20.8 Å². The molecule has 0 fully saturated rings. The van der Waals surface area contributed by atoms with Crippen molar-refractivity contribution in [3.63, 3.8) is 0 Å². The monoisotopic (exact) mass is 284 g/mol. The van der Waals surface area contributed by atoms with Crippen LogP contribution >= 0.6 is 0 Å². The lowest BCUT2D eigenvalue weighted by Crippen LogP contribution is -2.38. The first-order valence-corrected chi connectivity index (χ1v) is 6.75. The molecule has 0 aromatic heterocycles. The van der Waals surface area contributed by atoms with E-state index in [1.54, 1.807) is 33.1 Å². The maximum Gasteiger partial charge on any atom is 0.415 e. The van der Waals surface area contributed by atoms with Crippen LogP contribution in [-0.4, -0.2) is 24.5 Å². The zero-order valence-corrected chi connectivity index (χ0v) is 12.4. The fourth-order valence-electron chi connectivity index (χ4n) is 2.07. The van der Waals surface area contributed by atoms with Crippen molar-refractivity contribution < 1.29 is 14.3 Å². The highest BCUT2D eigenvalue weighted by atomic mass is 16.6. The van der Waals surface area contributed by atoms with Crippen molar-refractivity contribution in [3.05, 3.63) is 42.5 Å². The molecule has 0 heterocycles. The Morgan fingerprint density at radius 2 is 1.81 bits per heavy atom. The zero-order valence-electron chi connectivity index (χ0n) is 12.4. The van der Waals surface area contributed by atoms with Gasteiger partial charge in [-0.1, -0.05) is 36.4 Å². The highest BCUT2D eigenvalue weighted by molar-refractivity contribution is 6.02. The van der Waals surface area contributed by atoms with Crippen LogP contribution in [0.15, 0.2) is 42.5 Å². The summed E-state index contributed by atoms with van der Waals surface area (Å²) in [5.41, 5.74) is 0.0219. The summed E-state index contributed by atoms with van der Waals surface area (Å²) < 4.78 is 5.36. The van der Waals surface area contributed by atoms with E-state index in [-0.39, 0.29) is 6.54 Å².